The van der Waals surface area contributed by atoms with Crippen LogP contribution < -0.4 is 10.2 Å². The zero-order valence-corrected chi connectivity index (χ0v) is 18.2. The van der Waals surface area contributed by atoms with Crippen LogP contribution >= 0.6 is 0 Å². The third-order valence-corrected chi connectivity index (χ3v) is 6.66. The normalized spacial score (nSPS) is 19.7. The minimum Gasteiger partial charge on any atom is -0.377 e. The van der Waals surface area contributed by atoms with Crippen molar-refractivity contribution in [3.8, 4) is 11.3 Å². The first-order valence-corrected chi connectivity index (χ1v) is 11.4. The van der Waals surface area contributed by atoms with Gasteiger partial charge < -0.3 is 15.0 Å². The van der Waals surface area contributed by atoms with E-state index in [0.29, 0.717) is 24.2 Å². The number of ether oxygens (including phenoxy) is 1. The van der Waals surface area contributed by atoms with Gasteiger partial charge in [0.15, 0.2) is 0 Å². The lowest BCUT2D eigenvalue weighted by Crippen LogP contribution is -2.45. The number of amides is 1. The summed E-state index contributed by atoms with van der Waals surface area (Å²) >= 11 is 0. The molecule has 0 radical (unpaired) electrons. The second kappa shape index (κ2) is 8.33. The molecular formula is C26H25N5O2. The number of nitrogens with one attached hydrogen (secondary N) is 2. The first-order chi connectivity index (χ1) is 16.3. The Balaban J connectivity index is 1.24. The van der Waals surface area contributed by atoms with Crippen molar-refractivity contribution in [2.24, 2.45) is 0 Å². The van der Waals surface area contributed by atoms with Crippen LogP contribution in [0.3, 0.4) is 0 Å². The number of H-pyrrole nitrogens is 1. The lowest BCUT2D eigenvalue weighted by Gasteiger charge is -2.36. The van der Waals surface area contributed by atoms with Crippen LogP contribution in [0.2, 0.25) is 0 Å². The van der Waals surface area contributed by atoms with E-state index in [-0.39, 0.29) is 5.91 Å². The summed E-state index contributed by atoms with van der Waals surface area (Å²) in [4.78, 5) is 19.5. The highest BCUT2D eigenvalue weighted by atomic mass is 16.5. The number of pyridine rings is 1. The van der Waals surface area contributed by atoms with Gasteiger partial charge in [-0.2, -0.15) is 5.10 Å². The number of morpholine rings is 1. The van der Waals surface area contributed by atoms with Gasteiger partial charge in [-0.1, -0.05) is 18.2 Å². The van der Waals surface area contributed by atoms with Crippen LogP contribution in [-0.4, -0.2) is 46.4 Å². The summed E-state index contributed by atoms with van der Waals surface area (Å²) in [5.74, 6) is -0.132. The Labute approximate surface area is 191 Å². The molecule has 7 heteroatoms. The molecule has 33 heavy (non-hydrogen) atoms. The molecule has 2 atom stereocenters. The van der Waals surface area contributed by atoms with Crippen LogP contribution in [0.1, 0.15) is 28.9 Å². The first-order valence-electron chi connectivity index (χ1n) is 11.4. The highest BCUT2D eigenvalue weighted by Gasteiger charge is 2.37. The van der Waals surface area contributed by atoms with Gasteiger partial charge in [-0.15, -0.1) is 0 Å². The molecule has 0 saturated carbocycles. The summed E-state index contributed by atoms with van der Waals surface area (Å²) < 4.78 is 5.72. The summed E-state index contributed by atoms with van der Waals surface area (Å²) in [6.07, 6.45) is 4.11. The van der Waals surface area contributed by atoms with E-state index < -0.39 is 0 Å². The molecular weight excluding hydrogens is 414 g/mol. The number of hydrogen-bond donors (Lipinski definition) is 2. The standard InChI is InChI=1S/C26H25N5O2/c32-26(28-14-19-3-1-2-12-27-19)18-6-11-24-23(13-18)25(30-29-24)17-4-7-20(8-5-17)31-21-9-10-22(31)16-33-15-21/h1-8,11-13,21-22H,9-10,14-16H2,(H,28,32)(H,29,30). The van der Waals surface area contributed by atoms with E-state index in [1.165, 1.54) is 18.5 Å². The van der Waals surface area contributed by atoms with E-state index >= 15 is 0 Å². The zero-order chi connectivity index (χ0) is 22.2. The Hall–Kier alpha value is -3.71. The molecule has 2 aromatic heterocycles. The number of carbonyl (C=O) groups excluding carboxylic acids is 1. The average Bonchev–Trinajstić information content (AvgIpc) is 3.40. The molecule has 0 spiro atoms. The van der Waals surface area contributed by atoms with Gasteiger partial charge in [-0.25, -0.2) is 0 Å². The molecule has 2 saturated heterocycles. The number of aromatic amines is 1. The van der Waals surface area contributed by atoms with Gasteiger partial charge in [0, 0.05) is 28.4 Å². The van der Waals surface area contributed by atoms with Crippen molar-refractivity contribution in [3.05, 3.63) is 78.1 Å². The number of hydrogen-bond acceptors (Lipinski definition) is 5. The maximum atomic E-state index is 12.7. The summed E-state index contributed by atoms with van der Waals surface area (Å²) in [6, 6.07) is 20.8. The van der Waals surface area contributed by atoms with Crippen molar-refractivity contribution in [3.63, 3.8) is 0 Å². The van der Waals surface area contributed by atoms with Crippen LogP contribution in [0.4, 0.5) is 5.69 Å². The smallest absolute Gasteiger partial charge is 0.251 e. The molecule has 4 aromatic rings. The maximum absolute atomic E-state index is 12.7. The summed E-state index contributed by atoms with van der Waals surface area (Å²) in [7, 11) is 0. The van der Waals surface area contributed by atoms with Crippen LogP contribution in [0.5, 0.6) is 0 Å². The largest absolute Gasteiger partial charge is 0.377 e. The minimum absolute atomic E-state index is 0.132. The van der Waals surface area contributed by atoms with Crippen molar-refractivity contribution in [2.75, 3.05) is 18.1 Å². The number of anilines is 1. The number of fused-ring (bicyclic) bond motifs is 3. The maximum Gasteiger partial charge on any atom is 0.251 e. The molecule has 7 nitrogen and oxygen atoms in total. The molecule has 1 amide bonds. The summed E-state index contributed by atoms with van der Waals surface area (Å²) in [5.41, 5.74) is 5.44. The van der Waals surface area contributed by atoms with Crippen molar-refractivity contribution < 1.29 is 9.53 Å². The highest BCUT2D eigenvalue weighted by molar-refractivity contribution is 6.01. The average molecular weight is 440 g/mol. The molecule has 2 bridgehead atoms. The van der Waals surface area contributed by atoms with Crippen molar-refractivity contribution in [2.45, 2.75) is 31.5 Å². The molecule has 0 aliphatic carbocycles. The van der Waals surface area contributed by atoms with Gasteiger partial charge in [0.2, 0.25) is 0 Å². The van der Waals surface area contributed by atoms with Crippen LogP contribution in [0.15, 0.2) is 66.9 Å². The Kier molecular flexibility index (Phi) is 5.03. The van der Waals surface area contributed by atoms with Crippen molar-refractivity contribution >= 4 is 22.5 Å². The fourth-order valence-electron chi connectivity index (χ4n) is 4.99. The highest BCUT2D eigenvalue weighted by Crippen LogP contribution is 2.35. The third-order valence-electron chi connectivity index (χ3n) is 6.66. The lowest BCUT2D eigenvalue weighted by molar-refractivity contribution is 0.0906. The SMILES string of the molecule is O=C(NCc1ccccn1)c1ccc2[nH]nc(-c3ccc(N4C5CCC4COC5)cc3)c2c1. The Morgan fingerprint density at radius 1 is 1.06 bits per heavy atom. The molecule has 2 fully saturated rings. The zero-order valence-electron chi connectivity index (χ0n) is 18.2. The van der Waals surface area contributed by atoms with Crippen LogP contribution in [0, 0.1) is 0 Å². The summed E-state index contributed by atoms with van der Waals surface area (Å²) in [5, 5.41) is 11.5. The quantitative estimate of drug-likeness (QED) is 0.492. The fraction of sp³-hybridized carbons (Fsp3) is 0.269. The molecule has 4 heterocycles. The lowest BCUT2D eigenvalue weighted by atomic mass is 10.0. The second-order valence-corrected chi connectivity index (χ2v) is 8.71. The molecule has 166 valence electrons. The number of nitrogens with zero attached hydrogens (tertiary/aromatic N) is 3. The minimum atomic E-state index is -0.132. The van der Waals surface area contributed by atoms with E-state index in [2.05, 4.69) is 49.7 Å². The number of aromatic nitrogens is 3. The molecule has 2 aliphatic heterocycles. The van der Waals surface area contributed by atoms with Gasteiger partial charge in [0.1, 0.15) is 0 Å². The monoisotopic (exact) mass is 439 g/mol. The molecule has 2 aliphatic rings. The summed E-state index contributed by atoms with van der Waals surface area (Å²) in [6.45, 7) is 2.02. The second-order valence-electron chi connectivity index (χ2n) is 8.71. The van der Waals surface area contributed by atoms with E-state index in [1.54, 1.807) is 6.20 Å². The van der Waals surface area contributed by atoms with Gasteiger partial charge in [0.25, 0.3) is 5.91 Å². The Morgan fingerprint density at radius 2 is 1.88 bits per heavy atom. The number of benzene rings is 2. The third kappa shape index (κ3) is 3.74. The Morgan fingerprint density at radius 3 is 2.64 bits per heavy atom. The molecule has 2 aromatic carbocycles. The molecule has 6 rings (SSSR count). The first kappa shape index (κ1) is 19.9. The van der Waals surface area contributed by atoms with Gasteiger partial charge in [-0.05, 0) is 55.3 Å². The Bertz CT molecular complexity index is 1270. The fourth-order valence-corrected chi connectivity index (χ4v) is 4.99. The van der Waals surface area contributed by atoms with Crippen molar-refractivity contribution in [1.82, 2.24) is 20.5 Å². The predicted octanol–water partition coefficient (Wildman–Crippen LogP) is 3.92. The van der Waals surface area contributed by atoms with Crippen molar-refractivity contribution in [1.29, 1.82) is 0 Å². The van der Waals surface area contributed by atoms with E-state index in [1.807, 2.05) is 36.4 Å². The van der Waals surface area contributed by atoms with Crippen LogP contribution in [-0.2, 0) is 11.3 Å². The van der Waals surface area contributed by atoms with E-state index in [4.69, 9.17) is 4.74 Å². The molecule has 2 unspecified atom stereocenters. The van der Waals surface area contributed by atoms with E-state index in [0.717, 1.165) is 41.1 Å². The van der Waals surface area contributed by atoms with Gasteiger partial charge in [-0.3, -0.25) is 14.9 Å². The van der Waals surface area contributed by atoms with Gasteiger partial charge >= 0.3 is 0 Å². The van der Waals surface area contributed by atoms with E-state index in [9.17, 15) is 4.79 Å². The number of carbonyl (C=O) groups is 1. The molecule has 2 N–H and O–H groups in total. The van der Waals surface area contributed by atoms with Crippen LogP contribution in [0.25, 0.3) is 22.2 Å². The van der Waals surface area contributed by atoms with Gasteiger partial charge in [0.05, 0.1) is 48.7 Å². The topological polar surface area (TPSA) is 83.1 Å². The predicted molar refractivity (Wildman–Crippen MR) is 127 cm³/mol. The number of rotatable bonds is 5.